The summed E-state index contributed by atoms with van der Waals surface area (Å²) in [6, 6.07) is 9.30. The van der Waals surface area contributed by atoms with E-state index in [9.17, 15) is 14.3 Å². The summed E-state index contributed by atoms with van der Waals surface area (Å²) in [4.78, 5) is 21.5. The number of ether oxygens (including phenoxy) is 2. The van der Waals surface area contributed by atoms with E-state index in [1.807, 2.05) is 35.7 Å². The summed E-state index contributed by atoms with van der Waals surface area (Å²) in [5, 5.41) is 20.8. The Bertz CT molecular complexity index is 1330. The number of thiazole rings is 1. The van der Waals surface area contributed by atoms with Gasteiger partial charge in [-0.2, -0.15) is 0 Å². The Morgan fingerprint density at radius 2 is 2.12 bits per heavy atom. The number of aromatic nitrogens is 2. The van der Waals surface area contributed by atoms with Gasteiger partial charge in [0.1, 0.15) is 22.9 Å². The number of fused-ring (bicyclic) bond motifs is 1. The molecule has 0 radical (unpaired) electrons. The lowest BCUT2D eigenvalue weighted by atomic mass is 9.73. The van der Waals surface area contributed by atoms with Crippen LogP contribution in [0.15, 0.2) is 48.1 Å². The van der Waals surface area contributed by atoms with Crippen molar-refractivity contribution in [3.63, 3.8) is 0 Å². The molecular formula is C31H39FN4O4S. The van der Waals surface area contributed by atoms with Gasteiger partial charge in [-0.15, -0.1) is 11.3 Å². The molecule has 1 fully saturated rings. The number of carbonyl (C=O) groups is 1. The van der Waals surface area contributed by atoms with Crippen molar-refractivity contribution in [1.82, 2.24) is 20.6 Å². The molecule has 1 spiro atoms. The highest BCUT2D eigenvalue weighted by Crippen LogP contribution is 2.48. The molecule has 41 heavy (non-hydrogen) atoms. The van der Waals surface area contributed by atoms with Gasteiger partial charge in [-0.05, 0) is 62.8 Å². The molecule has 3 aromatic rings. The lowest BCUT2D eigenvalue weighted by Gasteiger charge is -2.47. The molecule has 1 amide bonds. The molecule has 10 heteroatoms. The molecule has 0 saturated heterocycles. The van der Waals surface area contributed by atoms with Crippen LogP contribution in [0.2, 0.25) is 0 Å². The monoisotopic (exact) mass is 582 g/mol. The highest BCUT2D eigenvalue weighted by molar-refractivity contribution is 7.13. The van der Waals surface area contributed by atoms with Crippen molar-refractivity contribution < 1.29 is 23.8 Å². The van der Waals surface area contributed by atoms with Gasteiger partial charge in [0.15, 0.2) is 0 Å². The van der Waals surface area contributed by atoms with Gasteiger partial charge in [0.25, 0.3) is 0 Å². The smallest absolute Gasteiger partial charge is 0.246 e. The molecule has 2 aromatic heterocycles. The Balaban J connectivity index is 1.33. The van der Waals surface area contributed by atoms with Crippen LogP contribution >= 0.6 is 11.3 Å². The molecule has 2 aliphatic rings. The van der Waals surface area contributed by atoms with Gasteiger partial charge in [0.05, 0.1) is 12.1 Å². The Morgan fingerprint density at radius 3 is 2.80 bits per heavy atom. The molecule has 5 rings (SSSR count). The van der Waals surface area contributed by atoms with Crippen LogP contribution in [0.3, 0.4) is 0 Å². The minimum atomic E-state index is -1.36. The summed E-state index contributed by atoms with van der Waals surface area (Å²) >= 11 is 1.56. The number of carbonyl (C=O) groups excluding carboxylic acids is 1. The van der Waals surface area contributed by atoms with Crippen molar-refractivity contribution in [2.24, 2.45) is 0 Å². The molecule has 0 bridgehead atoms. The maximum absolute atomic E-state index is 14.4. The van der Waals surface area contributed by atoms with E-state index in [0.29, 0.717) is 12.3 Å². The average Bonchev–Trinajstić information content (AvgIpc) is 3.45. The number of nitrogens with one attached hydrogen (secondary N) is 2. The fraction of sp³-hybridized carbons (Fsp3) is 0.516. The molecule has 1 aliphatic carbocycles. The first-order valence-corrected chi connectivity index (χ1v) is 15.1. The predicted molar refractivity (Wildman–Crippen MR) is 157 cm³/mol. The first kappa shape index (κ1) is 29.6. The third-order valence-corrected chi connectivity index (χ3v) is 8.63. The average molecular weight is 583 g/mol. The second kappa shape index (κ2) is 12.5. The maximum Gasteiger partial charge on any atom is 0.246 e. The number of nitrogens with zero attached hydrogens (tertiary/aromatic N) is 2. The van der Waals surface area contributed by atoms with Gasteiger partial charge in [-0.25, -0.2) is 14.4 Å². The number of halogens is 1. The molecule has 1 saturated carbocycles. The van der Waals surface area contributed by atoms with Gasteiger partial charge < -0.3 is 25.2 Å². The fourth-order valence-electron chi connectivity index (χ4n) is 5.74. The van der Waals surface area contributed by atoms with E-state index in [-0.39, 0.29) is 37.1 Å². The fourth-order valence-corrected chi connectivity index (χ4v) is 6.37. The maximum atomic E-state index is 14.4. The summed E-state index contributed by atoms with van der Waals surface area (Å²) in [6.45, 7) is 3.26. The number of aliphatic hydroxyl groups excluding tert-OH is 1. The van der Waals surface area contributed by atoms with Gasteiger partial charge >= 0.3 is 0 Å². The zero-order chi connectivity index (χ0) is 29.0. The van der Waals surface area contributed by atoms with E-state index < -0.39 is 17.8 Å². The quantitative estimate of drug-likeness (QED) is 0.287. The number of methoxy groups -OCH3 is 1. The number of amides is 1. The number of hydrogen-bond donors (Lipinski definition) is 3. The minimum absolute atomic E-state index is 0.0922. The third kappa shape index (κ3) is 7.48. The molecular weight excluding hydrogens is 543 g/mol. The Morgan fingerprint density at radius 1 is 1.29 bits per heavy atom. The zero-order valence-corrected chi connectivity index (χ0v) is 24.7. The van der Waals surface area contributed by atoms with Gasteiger partial charge in [-0.1, -0.05) is 18.2 Å². The van der Waals surface area contributed by atoms with Gasteiger partial charge in [-0.3, -0.25) is 4.79 Å². The number of rotatable bonds is 12. The number of pyridine rings is 1. The number of alkyl halides is 1. The van der Waals surface area contributed by atoms with E-state index in [1.165, 1.54) is 7.11 Å². The summed E-state index contributed by atoms with van der Waals surface area (Å²) < 4.78 is 25.8. The highest BCUT2D eigenvalue weighted by Gasteiger charge is 2.46. The van der Waals surface area contributed by atoms with E-state index in [1.54, 1.807) is 37.6 Å². The van der Waals surface area contributed by atoms with Crippen molar-refractivity contribution >= 4 is 17.2 Å². The summed E-state index contributed by atoms with van der Waals surface area (Å²) in [6.07, 6.45) is 7.03. The van der Waals surface area contributed by atoms with Crippen LogP contribution < -0.4 is 15.4 Å². The Hall–Kier alpha value is -2.92. The molecule has 0 unspecified atom stereocenters. The Kier molecular flexibility index (Phi) is 9.03. The molecule has 1 aliphatic heterocycles. The second-order valence-corrected chi connectivity index (χ2v) is 12.7. The van der Waals surface area contributed by atoms with E-state index >= 15 is 0 Å². The first-order chi connectivity index (χ1) is 19.6. The van der Waals surface area contributed by atoms with Crippen LogP contribution in [-0.4, -0.2) is 64.7 Å². The van der Waals surface area contributed by atoms with Crippen LogP contribution in [0.4, 0.5) is 4.39 Å². The van der Waals surface area contributed by atoms with Crippen molar-refractivity contribution in [1.29, 1.82) is 0 Å². The van der Waals surface area contributed by atoms with Crippen LogP contribution in [-0.2, 0) is 22.4 Å². The minimum Gasteiger partial charge on any atom is -0.471 e. The van der Waals surface area contributed by atoms with Crippen molar-refractivity contribution in [3.8, 4) is 16.5 Å². The van der Waals surface area contributed by atoms with Crippen LogP contribution in [0, 0.1) is 0 Å². The van der Waals surface area contributed by atoms with Gasteiger partial charge in [0.2, 0.25) is 11.8 Å². The topological polar surface area (TPSA) is 106 Å². The molecule has 3 N–H and O–H groups in total. The lowest BCUT2D eigenvalue weighted by molar-refractivity contribution is -0.126. The van der Waals surface area contributed by atoms with Crippen LogP contribution in [0.1, 0.15) is 62.3 Å². The molecule has 1 aromatic carbocycles. The van der Waals surface area contributed by atoms with Crippen LogP contribution in [0.5, 0.6) is 5.88 Å². The van der Waals surface area contributed by atoms with Gasteiger partial charge in [0, 0.05) is 61.4 Å². The lowest BCUT2D eigenvalue weighted by Crippen LogP contribution is -2.52. The molecule has 3 atom stereocenters. The van der Waals surface area contributed by atoms with Crippen molar-refractivity contribution in [2.45, 2.75) is 81.8 Å². The summed E-state index contributed by atoms with van der Waals surface area (Å²) in [5.41, 5.74) is 2.05. The van der Waals surface area contributed by atoms with E-state index in [4.69, 9.17) is 9.47 Å². The first-order valence-electron chi connectivity index (χ1n) is 14.2. The summed E-state index contributed by atoms with van der Waals surface area (Å²) in [5.74, 6) is 0.285. The normalized spacial score (nSPS) is 19.1. The standard InChI is InChI=1S/C31H39FN4O4S/c1-30(2,32)15-21-13-23-25(16-31(8-5-9-31)40-28(23)35-17-21)34-18-26(37)24(36-27(38)19-39-3)14-20-6-4-7-22(12-20)29-33-10-11-41-29/h4,6-7,10-13,17,24-26,34,37H,5,8-9,14-16,18-19H2,1-3H3,(H,36,38)/t24-,25-,26-/m0/s1. The predicted octanol–water partition coefficient (Wildman–Crippen LogP) is 4.57. The van der Waals surface area contributed by atoms with Crippen molar-refractivity contribution in [2.75, 3.05) is 20.3 Å². The highest BCUT2D eigenvalue weighted by atomic mass is 32.1. The number of benzene rings is 1. The SMILES string of the molecule is COCC(=O)N[C@@H](Cc1cccc(-c2nccs2)c1)[C@@H](O)CN[C@H]1CC2(CCC2)Oc2ncc(CC(C)(C)F)cc21. The zero-order valence-electron chi connectivity index (χ0n) is 23.9. The molecule has 3 heterocycles. The number of hydrogen-bond acceptors (Lipinski definition) is 8. The van der Waals surface area contributed by atoms with Crippen molar-refractivity contribution in [3.05, 3.63) is 64.8 Å². The largest absolute Gasteiger partial charge is 0.471 e. The Labute approximate surface area is 244 Å². The third-order valence-electron chi connectivity index (χ3n) is 7.81. The second-order valence-electron chi connectivity index (χ2n) is 11.9. The summed E-state index contributed by atoms with van der Waals surface area (Å²) in [7, 11) is 1.47. The van der Waals surface area contributed by atoms with E-state index in [0.717, 1.165) is 52.9 Å². The number of aliphatic hydroxyl groups is 1. The molecule has 8 nitrogen and oxygen atoms in total. The molecule has 220 valence electrons. The van der Waals surface area contributed by atoms with E-state index in [2.05, 4.69) is 20.6 Å². The van der Waals surface area contributed by atoms with Crippen LogP contribution in [0.25, 0.3) is 10.6 Å².